The maximum absolute atomic E-state index is 16.1. The number of cyclic esters (lactones) is 1. The van der Waals surface area contributed by atoms with Gasteiger partial charge in [-0.05, 0) is 141 Å². The molecular formula is C52H85ClFN3O12. The Morgan fingerprint density at radius 2 is 1.67 bits per heavy atom. The second-order valence-electron chi connectivity index (χ2n) is 23.5. The summed E-state index contributed by atoms with van der Waals surface area (Å²) in [6, 6.07) is -0.908. The molecule has 1 amide bonds. The van der Waals surface area contributed by atoms with Gasteiger partial charge in [-0.2, -0.15) is 0 Å². The molecule has 3 unspecified atom stereocenters. The van der Waals surface area contributed by atoms with E-state index in [9.17, 15) is 45.0 Å². The van der Waals surface area contributed by atoms with Gasteiger partial charge in [0.2, 0.25) is 0 Å². The fourth-order valence-corrected chi connectivity index (χ4v) is 14.2. The van der Waals surface area contributed by atoms with Crippen molar-refractivity contribution in [3.05, 3.63) is 23.8 Å². The van der Waals surface area contributed by atoms with E-state index in [1.807, 2.05) is 44.7 Å². The van der Waals surface area contributed by atoms with Gasteiger partial charge in [0.1, 0.15) is 30.1 Å². The Morgan fingerprint density at radius 3 is 2.30 bits per heavy atom. The predicted molar refractivity (Wildman–Crippen MR) is 258 cm³/mol. The second-order valence-corrected chi connectivity index (χ2v) is 24.2. The molecule has 0 aromatic rings. The lowest BCUT2D eigenvalue weighted by atomic mass is 9.45. The summed E-state index contributed by atoms with van der Waals surface area (Å²) >= 11 is 7.53. The normalized spacial score (nSPS) is 47.8. The smallest absolute Gasteiger partial charge is 0.311 e. The summed E-state index contributed by atoms with van der Waals surface area (Å²) in [7, 11) is 3.78. The van der Waals surface area contributed by atoms with Crippen LogP contribution in [0.5, 0.6) is 0 Å². The number of likely N-dealkylation sites (N-methyl/N-ethyl adjacent to an activating group) is 1. The van der Waals surface area contributed by atoms with Crippen LogP contribution < -0.4 is 5.32 Å². The average molecular weight is 999 g/mol. The number of ketones is 1. The third kappa shape index (κ3) is 9.90. The quantitative estimate of drug-likeness (QED) is 0.0980. The summed E-state index contributed by atoms with van der Waals surface area (Å²) < 4.78 is 34.8. The van der Waals surface area contributed by atoms with Crippen LogP contribution >= 0.6 is 11.6 Å². The van der Waals surface area contributed by atoms with Crippen molar-refractivity contribution in [3.63, 3.8) is 0 Å². The molecule has 17 heteroatoms. The van der Waals surface area contributed by atoms with Crippen LogP contribution in [0.25, 0.3) is 0 Å². The van der Waals surface area contributed by atoms with Crippen molar-refractivity contribution in [2.75, 3.05) is 33.7 Å². The Labute approximate surface area is 414 Å². The van der Waals surface area contributed by atoms with Crippen molar-refractivity contribution in [2.24, 2.45) is 39.9 Å². The third-order valence-electron chi connectivity index (χ3n) is 18.5. The molecule has 69 heavy (non-hydrogen) atoms. The molecule has 0 radical (unpaired) electrons. The third-order valence-corrected chi connectivity index (χ3v) is 19.4. The number of allylic oxidation sites excluding steroid dienone is 4. The summed E-state index contributed by atoms with van der Waals surface area (Å²) in [6.07, 6.45) is -2.47. The van der Waals surface area contributed by atoms with Crippen molar-refractivity contribution in [3.8, 4) is 0 Å². The topological polar surface area (TPSA) is 219 Å². The van der Waals surface area contributed by atoms with Gasteiger partial charge in [0.15, 0.2) is 17.7 Å². The highest BCUT2D eigenvalue weighted by Gasteiger charge is 2.75. The molecule has 0 bridgehead atoms. The number of carbonyl (C=O) groups is 3. The summed E-state index contributed by atoms with van der Waals surface area (Å²) in [5, 5.41) is 74.6. The van der Waals surface area contributed by atoms with Crippen molar-refractivity contribution in [2.45, 2.75) is 210 Å². The minimum Gasteiger partial charge on any atom is -0.459 e. The highest BCUT2D eigenvalue weighted by atomic mass is 35.5. The van der Waals surface area contributed by atoms with Crippen molar-refractivity contribution in [1.82, 2.24) is 15.1 Å². The van der Waals surface area contributed by atoms with Crippen LogP contribution in [-0.4, -0.2) is 175 Å². The monoisotopic (exact) mass is 998 g/mol. The van der Waals surface area contributed by atoms with Crippen LogP contribution in [-0.2, 0) is 28.6 Å². The number of hydrogen-bond donors (Lipinski definition) is 7. The van der Waals surface area contributed by atoms with E-state index in [1.165, 1.54) is 19.1 Å². The first-order valence-electron chi connectivity index (χ1n) is 25.6. The Balaban J connectivity index is 1.20. The minimum atomic E-state index is -1.93. The first-order valence-corrected chi connectivity index (χ1v) is 26.0. The first kappa shape index (κ1) is 56.2. The molecule has 0 aromatic heterocycles. The van der Waals surface area contributed by atoms with Gasteiger partial charge in [-0.25, -0.2) is 4.39 Å². The highest BCUT2D eigenvalue weighted by Crippen LogP contribution is 2.71. The lowest BCUT2D eigenvalue weighted by Gasteiger charge is -2.64. The zero-order valence-electron chi connectivity index (χ0n) is 43.2. The molecule has 6 aliphatic rings. The molecule has 2 aliphatic heterocycles. The van der Waals surface area contributed by atoms with E-state index in [0.29, 0.717) is 45.2 Å². The van der Waals surface area contributed by atoms with Crippen molar-refractivity contribution in [1.29, 1.82) is 0 Å². The van der Waals surface area contributed by atoms with Crippen molar-refractivity contribution >= 4 is 29.3 Å². The summed E-state index contributed by atoms with van der Waals surface area (Å²) in [5.41, 5.74) is -6.56. The zero-order chi connectivity index (χ0) is 51.6. The molecule has 2 saturated heterocycles. The number of alkyl halides is 2. The molecule has 7 N–H and O–H groups in total. The number of ether oxygens (including phenoxy) is 3. The van der Waals surface area contributed by atoms with Gasteiger partial charge < -0.3 is 55.1 Å². The lowest BCUT2D eigenvalue weighted by Crippen LogP contribution is -2.70. The number of aliphatic hydroxyl groups excluding tert-OH is 4. The van der Waals surface area contributed by atoms with E-state index in [0.717, 1.165) is 0 Å². The Hall–Kier alpha value is -2.09. The van der Waals surface area contributed by atoms with Crippen LogP contribution in [0.4, 0.5) is 4.39 Å². The Kier molecular flexibility index (Phi) is 16.8. The van der Waals surface area contributed by atoms with Crippen LogP contribution in [0.15, 0.2) is 23.8 Å². The van der Waals surface area contributed by atoms with Crippen LogP contribution in [0.1, 0.15) is 127 Å². The van der Waals surface area contributed by atoms with Gasteiger partial charge in [-0.1, -0.05) is 47.6 Å². The molecular weight excluding hydrogens is 913 g/mol. The number of halogens is 2. The standard InChI is InChI=1S/C52H85ClFN3O12/c1-13-40-50(10,65)43(62)31(5)57(20-14-17-47(6,7)41(26-38(59)30(4)44(63)68-40)69-45-42(61)37(56(11)12)23-29(3)67-45)21-15-19-55-46(64)52(66)28(2)22-33-34-25-36(54)35-24-32(58)16-18-48(35,8)51(34,53)39(60)27-49(33,52)9/h16,18,24,28-31,33-34,36-43,45,59-62,65-66H,13-15,17,19-23,25-27H2,1-12H3,(H,55,64)/t28-,29+,30-,31-,33?,34?,36+,37+,38+,39+,40-,41-,42?,43+,45-,48+,49+,50+,51+,52+/m1/s1. The molecule has 0 aromatic carbocycles. The largest absolute Gasteiger partial charge is 0.459 e. The fourth-order valence-electron chi connectivity index (χ4n) is 13.8. The maximum atomic E-state index is 16.1. The van der Waals surface area contributed by atoms with Crippen molar-refractivity contribution < 1.29 is 63.6 Å². The minimum absolute atomic E-state index is 0.0190. The predicted octanol–water partition coefficient (Wildman–Crippen LogP) is 4.20. The molecule has 3 saturated carbocycles. The SMILES string of the molecule is CC[C@H]1OC(=O)[C@H](C)[C@@H](O)C[C@@H](O[C@H]2O[C@@H](C)C[C@H](N(C)C)C2O)C(C)(C)CCCN(CCCNC(=O)[C@@]2(O)[C@H](C)CC3C4C[C@H](F)C5=CC(=O)C=C[C@]5(C)[C@@]4(Cl)[C@@H](O)C[C@@]32C)[C@H](C)[C@H](O)[C@@]1(C)O. The van der Waals surface area contributed by atoms with E-state index in [2.05, 4.69) is 5.32 Å². The molecule has 20 atom stereocenters. The molecule has 5 fully saturated rings. The Bertz CT molecular complexity index is 1940. The summed E-state index contributed by atoms with van der Waals surface area (Å²) in [4.78, 5) is 43.1. The van der Waals surface area contributed by atoms with Gasteiger partial charge in [-0.3, -0.25) is 19.3 Å². The number of carbonyl (C=O) groups excluding carboxylic acids is 3. The molecule has 6 rings (SSSR count). The maximum Gasteiger partial charge on any atom is 0.311 e. The van der Waals surface area contributed by atoms with Gasteiger partial charge >= 0.3 is 5.97 Å². The highest BCUT2D eigenvalue weighted by molar-refractivity contribution is 6.26. The number of nitrogens with one attached hydrogen (secondary N) is 1. The van der Waals surface area contributed by atoms with E-state index in [1.54, 1.807) is 47.6 Å². The van der Waals surface area contributed by atoms with Crippen LogP contribution in [0.2, 0.25) is 0 Å². The molecule has 394 valence electrons. The average Bonchev–Trinajstić information content (AvgIpc) is 3.48. The van der Waals surface area contributed by atoms with Gasteiger partial charge in [0.25, 0.3) is 5.91 Å². The molecule has 0 spiro atoms. The summed E-state index contributed by atoms with van der Waals surface area (Å²) in [5.74, 6) is -4.30. The second kappa shape index (κ2) is 20.7. The van der Waals surface area contributed by atoms with Crippen LogP contribution in [0, 0.1) is 39.9 Å². The zero-order valence-corrected chi connectivity index (χ0v) is 43.9. The number of esters is 1. The number of amides is 1. The number of rotatable bonds is 9. The molecule has 4 aliphatic carbocycles. The number of fused-ring (bicyclic) bond motifs is 5. The van der Waals surface area contributed by atoms with E-state index >= 15 is 4.39 Å². The Morgan fingerprint density at radius 1 is 1.00 bits per heavy atom. The summed E-state index contributed by atoms with van der Waals surface area (Å²) in [6.45, 7) is 18.7. The van der Waals surface area contributed by atoms with E-state index in [-0.39, 0.29) is 55.7 Å². The molecule has 15 nitrogen and oxygen atoms in total. The first-order chi connectivity index (χ1) is 31.9. The number of aliphatic hydroxyl groups is 6. The van der Waals surface area contributed by atoms with Gasteiger partial charge in [0, 0.05) is 42.4 Å². The number of nitrogens with zero attached hydrogens (tertiary/aromatic N) is 2. The van der Waals surface area contributed by atoms with E-state index in [4.69, 9.17) is 25.8 Å². The van der Waals surface area contributed by atoms with Gasteiger partial charge in [-0.15, -0.1) is 11.6 Å². The van der Waals surface area contributed by atoms with E-state index < -0.39 is 123 Å². The molecule has 2 heterocycles. The fraction of sp³-hybridized carbons (Fsp3) is 0.865. The lowest BCUT2D eigenvalue weighted by molar-refractivity contribution is -0.283. The van der Waals surface area contributed by atoms with Gasteiger partial charge in [0.05, 0.1) is 35.2 Å². The van der Waals surface area contributed by atoms with Crippen LogP contribution in [0.3, 0.4) is 0 Å². The number of hydrogen-bond acceptors (Lipinski definition) is 14.